The maximum atomic E-state index is 12.5. The monoisotopic (exact) mass is 350 g/mol. The summed E-state index contributed by atoms with van der Waals surface area (Å²) in [5, 5.41) is 28.4. The third-order valence-electron chi connectivity index (χ3n) is 3.79. The first-order valence-electron chi connectivity index (χ1n) is 7.63. The number of nitro benzene ring substituents is 1. The molecule has 3 rings (SSSR count). The lowest BCUT2D eigenvalue weighted by atomic mass is 10.1. The number of nitrogens with zero attached hydrogens (tertiary/aromatic N) is 4. The molecule has 0 aromatic heterocycles. The summed E-state index contributed by atoms with van der Waals surface area (Å²) in [6, 6.07) is 10.7. The Morgan fingerprint density at radius 1 is 1.27 bits per heavy atom. The van der Waals surface area contributed by atoms with Gasteiger partial charge in [-0.25, -0.2) is 0 Å². The third kappa shape index (κ3) is 3.07. The van der Waals surface area contributed by atoms with Crippen LogP contribution in [0.5, 0.6) is 5.75 Å². The van der Waals surface area contributed by atoms with Crippen LogP contribution in [0.15, 0.2) is 65.3 Å². The largest absolute Gasteiger partial charge is 0.507 e. The molecule has 26 heavy (non-hydrogen) atoms. The van der Waals surface area contributed by atoms with E-state index in [0.29, 0.717) is 17.8 Å². The molecule has 8 nitrogen and oxygen atoms in total. The summed E-state index contributed by atoms with van der Waals surface area (Å²) >= 11 is 0. The Balaban J connectivity index is 1.95. The van der Waals surface area contributed by atoms with Crippen LogP contribution in [0.3, 0.4) is 0 Å². The molecule has 0 saturated carbocycles. The number of phenols is 1. The number of hydrogen-bond acceptors (Lipinski definition) is 6. The Labute approximate surface area is 148 Å². The van der Waals surface area contributed by atoms with E-state index in [0.717, 1.165) is 0 Å². The van der Waals surface area contributed by atoms with Crippen LogP contribution >= 0.6 is 0 Å². The zero-order chi connectivity index (χ0) is 18.7. The highest BCUT2D eigenvalue weighted by Gasteiger charge is 2.32. The Morgan fingerprint density at radius 3 is 2.77 bits per heavy atom. The number of hydrogen-bond donors (Lipinski definition) is 1. The fourth-order valence-corrected chi connectivity index (χ4v) is 2.58. The molecule has 1 aliphatic rings. The second kappa shape index (κ2) is 6.98. The molecule has 0 bridgehead atoms. The number of anilines is 1. The Bertz CT molecular complexity index is 965. The van der Waals surface area contributed by atoms with Crippen LogP contribution in [0.25, 0.3) is 0 Å². The van der Waals surface area contributed by atoms with Crippen molar-refractivity contribution >= 4 is 29.2 Å². The van der Waals surface area contributed by atoms with E-state index in [4.69, 9.17) is 0 Å². The van der Waals surface area contributed by atoms with Crippen molar-refractivity contribution in [1.82, 2.24) is 0 Å². The van der Waals surface area contributed by atoms with E-state index >= 15 is 0 Å². The molecule has 130 valence electrons. The minimum absolute atomic E-state index is 0.130. The van der Waals surface area contributed by atoms with Crippen molar-refractivity contribution < 1.29 is 14.8 Å². The number of rotatable bonds is 5. The van der Waals surface area contributed by atoms with Crippen molar-refractivity contribution in [2.45, 2.75) is 0 Å². The van der Waals surface area contributed by atoms with Gasteiger partial charge in [-0.05, 0) is 12.1 Å². The lowest BCUT2D eigenvalue weighted by Crippen LogP contribution is -2.30. The van der Waals surface area contributed by atoms with E-state index < -0.39 is 4.92 Å². The molecule has 0 fully saturated rings. The number of aromatic hydroxyl groups is 1. The standard InChI is InChI=1S/C18H14N4O4/c1-2-9-21-15-6-4-3-5-14(15)17(18(21)24)20-19-11-12-10-13(22(25)26)7-8-16(12)23/h2-8,10-11,23H,1,9H2/b19-11+,20-17?. The minimum atomic E-state index is -0.577. The minimum Gasteiger partial charge on any atom is -0.507 e. The molecule has 1 heterocycles. The molecule has 0 radical (unpaired) electrons. The number of benzene rings is 2. The summed E-state index contributed by atoms with van der Waals surface area (Å²) in [4.78, 5) is 24.3. The van der Waals surface area contributed by atoms with Crippen molar-refractivity contribution in [2.75, 3.05) is 11.4 Å². The van der Waals surface area contributed by atoms with E-state index in [1.54, 1.807) is 24.3 Å². The summed E-state index contributed by atoms with van der Waals surface area (Å²) < 4.78 is 0. The second-order valence-corrected chi connectivity index (χ2v) is 5.41. The van der Waals surface area contributed by atoms with Gasteiger partial charge in [-0.3, -0.25) is 14.9 Å². The van der Waals surface area contributed by atoms with Crippen molar-refractivity contribution in [3.63, 3.8) is 0 Å². The third-order valence-corrected chi connectivity index (χ3v) is 3.79. The van der Waals surface area contributed by atoms with Gasteiger partial charge in [0.1, 0.15) is 5.75 Å². The maximum absolute atomic E-state index is 12.5. The summed E-state index contributed by atoms with van der Waals surface area (Å²) in [7, 11) is 0. The molecule has 0 unspecified atom stereocenters. The van der Waals surface area contributed by atoms with Gasteiger partial charge in [0.15, 0.2) is 5.71 Å². The average molecular weight is 350 g/mol. The van der Waals surface area contributed by atoms with Gasteiger partial charge in [0.05, 0.1) is 16.8 Å². The summed E-state index contributed by atoms with van der Waals surface area (Å²) in [6.07, 6.45) is 2.78. The summed E-state index contributed by atoms with van der Waals surface area (Å²) in [5.74, 6) is -0.488. The number of non-ortho nitro benzene ring substituents is 1. The van der Waals surface area contributed by atoms with Gasteiger partial charge in [0.25, 0.3) is 11.6 Å². The molecule has 0 saturated heterocycles. The van der Waals surface area contributed by atoms with Gasteiger partial charge >= 0.3 is 0 Å². The first-order chi connectivity index (χ1) is 12.5. The molecule has 1 amide bonds. The maximum Gasteiger partial charge on any atom is 0.279 e. The van der Waals surface area contributed by atoms with E-state index in [-0.39, 0.29) is 28.6 Å². The smallest absolute Gasteiger partial charge is 0.279 e. The normalized spacial score (nSPS) is 14.8. The van der Waals surface area contributed by atoms with Gasteiger partial charge in [0, 0.05) is 29.8 Å². The molecule has 2 aromatic rings. The number of fused-ring (bicyclic) bond motifs is 1. The van der Waals surface area contributed by atoms with Gasteiger partial charge in [-0.2, -0.15) is 5.10 Å². The zero-order valence-electron chi connectivity index (χ0n) is 13.6. The SMILES string of the molecule is C=CCN1C(=O)C(=N/N=C/c2cc([N+](=O)[O-])ccc2O)c2ccccc21. The van der Waals surface area contributed by atoms with E-state index in [1.165, 1.54) is 29.3 Å². The number of phenolic OH excluding ortho intramolecular Hbond substituents is 1. The average Bonchev–Trinajstić information content (AvgIpc) is 2.89. The van der Waals surface area contributed by atoms with Crippen molar-refractivity contribution in [3.8, 4) is 5.75 Å². The lowest BCUT2D eigenvalue weighted by Gasteiger charge is -2.13. The van der Waals surface area contributed by atoms with Crippen LogP contribution in [-0.2, 0) is 4.79 Å². The van der Waals surface area contributed by atoms with Crippen molar-refractivity contribution in [1.29, 1.82) is 0 Å². The van der Waals surface area contributed by atoms with Crippen LogP contribution < -0.4 is 4.90 Å². The van der Waals surface area contributed by atoms with Crippen molar-refractivity contribution in [2.24, 2.45) is 10.2 Å². The zero-order valence-corrected chi connectivity index (χ0v) is 13.6. The number of nitro groups is 1. The Hall–Kier alpha value is -3.81. The molecule has 2 aromatic carbocycles. The van der Waals surface area contributed by atoms with Gasteiger partial charge < -0.3 is 10.0 Å². The highest BCUT2D eigenvalue weighted by Crippen LogP contribution is 2.29. The Morgan fingerprint density at radius 2 is 2.04 bits per heavy atom. The lowest BCUT2D eigenvalue weighted by molar-refractivity contribution is -0.384. The van der Waals surface area contributed by atoms with Crippen LogP contribution in [0.2, 0.25) is 0 Å². The molecule has 1 N–H and O–H groups in total. The van der Waals surface area contributed by atoms with E-state index in [9.17, 15) is 20.0 Å². The quantitative estimate of drug-likeness (QED) is 0.387. The van der Waals surface area contributed by atoms with Gasteiger partial charge in [-0.15, -0.1) is 11.7 Å². The molecule has 0 aliphatic carbocycles. The molecule has 0 spiro atoms. The number of carbonyl (C=O) groups is 1. The summed E-state index contributed by atoms with van der Waals surface area (Å²) in [5.41, 5.74) is 1.45. The number of amides is 1. The van der Waals surface area contributed by atoms with E-state index in [1.807, 2.05) is 6.07 Å². The van der Waals surface area contributed by atoms with Crippen LogP contribution in [0.4, 0.5) is 11.4 Å². The van der Waals surface area contributed by atoms with Crippen molar-refractivity contribution in [3.05, 3.63) is 76.4 Å². The van der Waals surface area contributed by atoms with Crippen LogP contribution in [0.1, 0.15) is 11.1 Å². The second-order valence-electron chi connectivity index (χ2n) is 5.41. The fourth-order valence-electron chi connectivity index (χ4n) is 2.58. The topological polar surface area (TPSA) is 108 Å². The molecular formula is C18H14N4O4. The van der Waals surface area contributed by atoms with Crippen LogP contribution in [0, 0.1) is 10.1 Å². The fraction of sp³-hybridized carbons (Fsp3) is 0.0556. The molecule has 1 aliphatic heterocycles. The Kier molecular flexibility index (Phi) is 4.57. The van der Waals surface area contributed by atoms with E-state index in [2.05, 4.69) is 16.8 Å². The van der Waals surface area contributed by atoms with Gasteiger partial charge in [-0.1, -0.05) is 24.3 Å². The first-order valence-corrected chi connectivity index (χ1v) is 7.63. The number of carbonyl (C=O) groups excluding carboxylic acids is 1. The predicted octanol–water partition coefficient (Wildman–Crippen LogP) is 2.66. The highest BCUT2D eigenvalue weighted by molar-refractivity contribution is 6.54. The highest BCUT2D eigenvalue weighted by atomic mass is 16.6. The van der Waals surface area contributed by atoms with Gasteiger partial charge in [0.2, 0.25) is 0 Å². The summed E-state index contributed by atoms with van der Waals surface area (Å²) in [6.45, 7) is 3.98. The molecular weight excluding hydrogens is 336 g/mol. The molecule has 8 heteroatoms. The van der Waals surface area contributed by atoms with Crippen LogP contribution in [-0.4, -0.2) is 34.4 Å². The number of para-hydroxylation sites is 1. The predicted molar refractivity (Wildman–Crippen MR) is 97.9 cm³/mol. The molecule has 0 atom stereocenters. The first kappa shape index (κ1) is 17.0.